The molecule has 0 spiro atoms. The summed E-state index contributed by atoms with van der Waals surface area (Å²) in [5.74, 6) is -0.109. The third-order valence-corrected chi connectivity index (χ3v) is 5.71. The van der Waals surface area contributed by atoms with Crippen LogP contribution in [0.4, 0.5) is 0 Å². The Kier molecular flexibility index (Phi) is 10.9. The molecule has 1 amide bonds. The number of hydrogen-bond acceptors (Lipinski definition) is 7. The molecule has 0 aliphatic heterocycles. The fourth-order valence-electron chi connectivity index (χ4n) is 2.98. The van der Waals surface area contributed by atoms with Crippen LogP contribution in [0, 0.1) is 0 Å². The first-order valence-electron chi connectivity index (χ1n) is 10.5. The van der Waals surface area contributed by atoms with E-state index in [1.165, 1.54) is 25.0 Å². The molecule has 0 aliphatic rings. The van der Waals surface area contributed by atoms with Crippen LogP contribution >= 0.6 is 31.9 Å². The van der Waals surface area contributed by atoms with Crippen molar-refractivity contribution in [3.05, 3.63) is 81.0 Å². The molecule has 0 radical (unpaired) electrons. The molecule has 12 heteroatoms. The molecule has 2 aromatic heterocycles. The van der Waals surface area contributed by atoms with Gasteiger partial charge in [0.25, 0.3) is 5.91 Å². The van der Waals surface area contributed by atoms with E-state index in [2.05, 4.69) is 42.1 Å². The van der Waals surface area contributed by atoms with Crippen LogP contribution in [0.25, 0.3) is 11.4 Å². The van der Waals surface area contributed by atoms with Crippen molar-refractivity contribution in [2.45, 2.75) is 14.4 Å². The Morgan fingerprint density at radius 2 is 1.22 bits per heavy atom. The number of aromatic nitrogens is 4. The quantitative estimate of drug-likeness (QED) is 0.277. The number of rotatable bonds is 7. The minimum Gasteiger partial charge on any atom is -0.481 e. The predicted molar refractivity (Wildman–Crippen MR) is 147 cm³/mol. The molecular formula is C25H27Br2N5O5. The summed E-state index contributed by atoms with van der Waals surface area (Å²) in [6.07, 6.45) is 0. The van der Waals surface area contributed by atoms with E-state index in [0.717, 1.165) is 20.3 Å². The fraction of sp³-hybridized carbons (Fsp3) is 0.200. The summed E-state index contributed by atoms with van der Waals surface area (Å²) in [6, 6.07) is 18.0. The second-order valence-corrected chi connectivity index (χ2v) is 8.84. The number of nitrogens with zero attached hydrogens (tertiary/aromatic N) is 4. The predicted octanol–water partition coefficient (Wildman–Crippen LogP) is 5.20. The van der Waals surface area contributed by atoms with E-state index >= 15 is 0 Å². The minimum absolute atomic E-state index is 0. The number of amides is 1. The number of hydrogen-bond donors (Lipinski definition) is 1. The first-order chi connectivity index (χ1) is 17.3. The van der Waals surface area contributed by atoms with Crippen molar-refractivity contribution in [2.75, 3.05) is 20.8 Å². The average Bonchev–Trinajstić information content (AvgIpc) is 3.50. The van der Waals surface area contributed by atoms with Crippen LogP contribution in [-0.2, 0) is 4.74 Å². The Balaban J connectivity index is 0.000000255. The Hall–Kier alpha value is -3.64. The summed E-state index contributed by atoms with van der Waals surface area (Å²) in [5.41, 5.74) is 7.16. The SMILES string of the molecule is C.CCOC(=O)c1cc(OC)n(-c2ccc(Br)cc2)n1.COc1cc(C(N)=O)nn1-c1ccc(Br)cc1. The summed E-state index contributed by atoms with van der Waals surface area (Å²) in [7, 11) is 3.04. The zero-order valence-electron chi connectivity index (χ0n) is 19.6. The van der Waals surface area contributed by atoms with Gasteiger partial charge in [0.05, 0.1) is 32.2 Å². The average molecular weight is 637 g/mol. The van der Waals surface area contributed by atoms with Crippen LogP contribution in [0.2, 0.25) is 0 Å². The van der Waals surface area contributed by atoms with E-state index in [4.69, 9.17) is 19.9 Å². The van der Waals surface area contributed by atoms with Crippen LogP contribution < -0.4 is 15.2 Å². The van der Waals surface area contributed by atoms with E-state index in [1.54, 1.807) is 17.7 Å². The Morgan fingerprint density at radius 1 is 0.811 bits per heavy atom. The van der Waals surface area contributed by atoms with Crippen LogP contribution in [-0.4, -0.2) is 52.3 Å². The van der Waals surface area contributed by atoms with Crippen molar-refractivity contribution in [3.8, 4) is 23.1 Å². The first-order valence-corrected chi connectivity index (χ1v) is 12.1. The maximum atomic E-state index is 11.7. The van der Waals surface area contributed by atoms with Gasteiger partial charge in [0.15, 0.2) is 11.4 Å². The molecule has 0 saturated heterocycles. The molecule has 10 nitrogen and oxygen atoms in total. The molecule has 0 aliphatic carbocycles. The lowest BCUT2D eigenvalue weighted by molar-refractivity contribution is 0.0518. The number of esters is 1. The minimum atomic E-state index is -0.584. The maximum absolute atomic E-state index is 11.7. The number of benzene rings is 2. The van der Waals surface area contributed by atoms with Gasteiger partial charge in [-0.3, -0.25) is 4.79 Å². The summed E-state index contributed by atoms with van der Waals surface area (Å²) in [5, 5.41) is 8.28. The van der Waals surface area contributed by atoms with Crippen LogP contribution in [0.1, 0.15) is 35.3 Å². The first kappa shape index (κ1) is 29.6. The zero-order valence-corrected chi connectivity index (χ0v) is 22.8. The molecule has 2 aromatic carbocycles. The third-order valence-electron chi connectivity index (χ3n) is 4.65. The van der Waals surface area contributed by atoms with Gasteiger partial charge in [0.1, 0.15) is 0 Å². The smallest absolute Gasteiger partial charge is 0.358 e. The molecule has 0 bridgehead atoms. The molecule has 37 heavy (non-hydrogen) atoms. The van der Waals surface area contributed by atoms with E-state index in [-0.39, 0.29) is 18.8 Å². The number of methoxy groups -OCH3 is 2. The van der Waals surface area contributed by atoms with Crippen molar-refractivity contribution in [1.29, 1.82) is 0 Å². The molecule has 4 rings (SSSR count). The largest absolute Gasteiger partial charge is 0.481 e. The summed E-state index contributed by atoms with van der Waals surface area (Å²) < 4.78 is 20.3. The van der Waals surface area contributed by atoms with E-state index < -0.39 is 11.9 Å². The fourth-order valence-corrected chi connectivity index (χ4v) is 3.51. The highest BCUT2D eigenvalue weighted by Gasteiger charge is 2.17. The number of nitrogens with two attached hydrogens (primary N) is 1. The highest BCUT2D eigenvalue weighted by Crippen LogP contribution is 2.22. The van der Waals surface area contributed by atoms with E-state index in [0.29, 0.717) is 18.4 Å². The van der Waals surface area contributed by atoms with Crippen LogP contribution in [0.3, 0.4) is 0 Å². The van der Waals surface area contributed by atoms with Crippen molar-refractivity contribution in [1.82, 2.24) is 19.6 Å². The normalized spacial score (nSPS) is 9.97. The molecule has 2 heterocycles. The van der Waals surface area contributed by atoms with Crippen molar-refractivity contribution < 1.29 is 23.8 Å². The Bertz CT molecular complexity index is 1330. The second kappa shape index (κ2) is 13.6. The highest BCUT2D eigenvalue weighted by molar-refractivity contribution is 9.10. The number of carbonyl (C=O) groups excluding carboxylic acids is 2. The lowest BCUT2D eigenvalue weighted by Crippen LogP contribution is -2.12. The van der Waals surface area contributed by atoms with Gasteiger partial charge in [0.2, 0.25) is 11.8 Å². The van der Waals surface area contributed by atoms with Crippen LogP contribution in [0.5, 0.6) is 11.8 Å². The topological polar surface area (TPSA) is 123 Å². The summed E-state index contributed by atoms with van der Waals surface area (Å²) in [6.45, 7) is 2.06. The number of halogens is 2. The van der Waals surface area contributed by atoms with Crippen molar-refractivity contribution >= 4 is 43.7 Å². The van der Waals surface area contributed by atoms with Gasteiger partial charge in [0, 0.05) is 21.1 Å². The molecule has 0 unspecified atom stereocenters. The van der Waals surface area contributed by atoms with Gasteiger partial charge in [-0.15, -0.1) is 0 Å². The van der Waals surface area contributed by atoms with Gasteiger partial charge in [-0.25, -0.2) is 14.2 Å². The monoisotopic (exact) mass is 635 g/mol. The lowest BCUT2D eigenvalue weighted by atomic mass is 10.3. The second-order valence-electron chi connectivity index (χ2n) is 7.01. The molecule has 0 saturated carbocycles. The molecule has 2 N–H and O–H groups in total. The van der Waals surface area contributed by atoms with Gasteiger partial charge >= 0.3 is 5.97 Å². The number of ether oxygens (including phenoxy) is 3. The third kappa shape index (κ3) is 7.43. The van der Waals surface area contributed by atoms with Gasteiger partial charge in [-0.2, -0.15) is 10.2 Å². The van der Waals surface area contributed by atoms with Crippen molar-refractivity contribution in [3.63, 3.8) is 0 Å². The Labute approximate surface area is 231 Å². The van der Waals surface area contributed by atoms with E-state index in [9.17, 15) is 9.59 Å². The number of primary amides is 1. The molecule has 0 atom stereocenters. The molecule has 4 aromatic rings. The van der Waals surface area contributed by atoms with Gasteiger partial charge in [-0.1, -0.05) is 39.3 Å². The molecule has 196 valence electrons. The summed E-state index contributed by atoms with van der Waals surface area (Å²) in [4.78, 5) is 22.7. The highest BCUT2D eigenvalue weighted by atomic mass is 79.9. The molecule has 0 fully saturated rings. The maximum Gasteiger partial charge on any atom is 0.358 e. The number of carbonyl (C=O) groups is 2. The van der Waals surface area contributed by atoms with Gasteiger partial charge < -0.3 is 19.9 Å². The van der Waals surface area contributed by atoms with E-state index in [1.807, 2.05) is 48.5 Å². The lowest BCUT2D eigenvalue weighted by Gasteiger charge is -2.05. The standard InChI is InChI=1S/C13H13BrN2O3.C11H10BrN3O2.CH4/c1-3-19-13(17)11-8-12(18-2)16(15-11)10-6-4-9(14)5-7-10;1-17-10-6-9(11(13)16)14-15(10)8-4-2-7(12)3-5-8;/h4-8H,3H2,1-2H3;2-6H,1H3,(H2,13,16);1H4. The summed E-state index contributed by atoms with van der Waals surface area (Å²) >= 11 is 6.71. The zero-order chi connectivity index (χ0) is 26.2. The van der Waals surface area contributed by atoms with Crippen LogP contribution in [0.15, 0.2) is 69.6 Å². The van der Waals surface area contributed by atoms with Gasteiger partial charge in [-0.05, 0) is 55.5 Å². The Morgan fingerprint density at radius 3 is 1.59 bits per heavy atom. The molecular weight excluding hydrogens is 610 g/mol. The van der Waals surface area contributed by atoms with Crippen molar-refractivity contribution in [2.24, 2.45) is 5.73 Å².